The molecular weight excluding hydrogens is 940 g/mol. The summed E-state index contributed by atoms with van der Waals surface area (Å²) < 4.78 is 39.0. The minimum atomic E-state index is -1.16. The summed E-state index contributed by atoms with van der Waals surface area (Å²) in [5.74, 6) is -3.80. The number of carboxylic acids is 2. The van der Waals surface area contributed by atoms with Crippen LogP contribution < -0.4 is 17.2 Å². The van der Waals surface area contributed by atoms with Crippen LogP contribution in [0.2, 0.25) is 0 Å². The zero-order chi connectivity index (χ0) is 44.8. The first-order valence-electron chi connectivity index (χ1n) is 18.1. The molecule has 16 heteroatoms. The highest BCUT2D eigenvalue weighted by Crippen LogP contribution is 2.42. The van der Waals surface area contributed by atoms with Crippen LogP contribution in [0.4, 0.5) is 30.2 Å². The summed E-state index contributed by atoms with van der Waals surface area (Å²) in [5.41, 5.74) is 21.0. The molecule has 7 aromatic rings. The molecule has 0 aliphatic carbocycles. The molecule has 1 heterocycles. The van der Waals surface area contributed by atoms with Crippen LogP contribution in [-0.2, 0) is 6.42 Å². The number of halogens is 4. The van der Waals surface area contributed by atoms with Gasteiger partial charge in [0.2, 0.25) is 0 Å². The number of para-hydroxylation sites is 3. The summed E-state index contributed by atoms with van der Waals surface area (Å²) in [7, 11) is 3.25. The van der Waals surface area contributed by atoms with E-state index in [0.717, 1.165) is 53.5 Å². The lowest BCUT2D eigenvalue weighted by molar-refractivity contribution is 0.0683. The summed E-state index contributed by atoms with van der Waals surface area (Å²) in [4.78, 5) is 38.7. The zero-order valence-electron chi connectivity index (χ0n) is 32.1. The Morgan fingerprint density at radius 3 is 1.56 bits per heavy atom. The van der Waals surface area contributed by atoms with Gasteiger partial charge in [0.15, 0.2) is 5.78 Å². The third kappa shape index (κ3) is 13.6. The molecule has 1 aliphatic rings. The topological polar surface area (TPSA) is 170 Å². The molecule has 8 rings (SSSR count). The lowest BCUT2D eigenvalue weighted by atomic mass is 10.0. The molecule has 0 radical (unpaired) electrons. The predicted molar refractivity (Wildman–Crippen MR) is 248 cm³/mol. The maximum atomic E-state index is 13.2. The predicted octanol–water partition coefficient (Wildman–Crippen LogP) is 12.9. The highest BCUT2D eigenvalue weighted by molar-refractivity contribution is 9.10. The van der Waals surface area contributed by atoms with E-state index in [-0.39, 0.29) is 22.7 Å². The van der Waals surface area contributed by atoms with Gasteiger partial charge in [0.1, 0.15) is 17.5 Å². The van der Waals surface area contributed by atoms with E-state index in [1.165, 1.54) is 59.9 Å². The summed E-state index contributed by atoms with van der Waals surface area (Å²) >= 11 is 5.72. The number of carbonyl (C=O) groups is 3. The van der Waals surface area contributed by atoms with Gasteiger partial charge in [-0.05, 0) is 119 Å². The number of anilines is 3. The highest BCUT2D eigenvalue weighted by Gasteiger charge is 2.20. The number of carbonyl (C=O) groups excluding carboxylic acids is 1. The number of hydrogen-bond donors (Lipinski definition) is 5. The van der Waals surface area contributed by atoms with E-state index in [1.54, 1.807) is 45.9 Å². The zero-order valence-corrected chi connectivity index (χ0v) is 37.0. The van der Waals surface area contributed by atoms with Gasteiger partial charge in [-0.15, -0.1) is 0 Å². The molecule has 316 valence electrons. The molecule has 7 aromatic carbocycles. The van der Waals surface area contributed by atoms with Crippen molar-refractivity contribution in [1.82, 2.24) is 0 Å². The van der Waals surface area contributed by atoms with Gasteiger partial charge in [-0.1, -0.05) is 99.7 Å². The molecule has 0 atom stereocenters. The van der Waals surface area contributed by atoms with Gasteiger partial charge in [0, 0.05) is 62.9 Å². The van der Waals surface area contributed by atoms with Gasteiger partial charge in [-0.25, -0.2) is 22.8 Å². The van der Waals surface area contributed by atoms with E-state index in [1.807, 2.05) is 78.9 Å². The number of carboxylic acid groups (broad SMARTS) is 2. The second-order valence-electron chi connectivity index (χ2n) is 12.7. The minimum Gasteiger partial charge on any atom is -0.478 e. The summed E-state index contributed by atoms with van der Waals surface area (Å²) in [6.45, 7) is 0. The lowest BCUT2D eigenvalue weighted by Gasteiger charge is -2.07. The van der Waals surface area contributed by atoms with Crippen LogP contribution in [0, 0.1) is 17.5 Å². The average Bonchev–Trinajstić information content (AvgIpc) is 3.39. The van der Waals surface area contributed by atoms with Gasteiger partial charge in [0.25, 0.3) is 0 Å². The van der Waals surface area contributed by atoms with Crippen molar-refractivity contribution in [3.63, 3.8) is 0 Å². The summed E-state index contributed by atoms with van der Waals surface area (Å²) in [5, 5.41) is 17.5. The first-order chi connectivity index (χ1) is 29.7. The van der Waals surface area contributed by atoms with Crippen LogP contribution >= 0.6 is 61.0 Å². The Labute approximate surface area is 380 Å². The number of nitrogens with two attached hydrogens (primary N) is 3. The Hall–Kier alpha value is -5.78. The Morgan fingerprint density at radius 1 is 0.548 bits per heavy atom. The van der Waals surface area contributed by atoms with E-state index >= 15 is 0 Å². The van der Waals surface area contributed by atoms with Crippen molar-refractivity contribution in [1.29, 1.82) is 0 Å². The van der Waals surface area contributed by atoms with Gasteiger partial charge in [-0.3, -0.25) is 4.79 Å². The number of Topliss-reactive ketones (excluding diaryl/α,β-unsaturated/α-hetero) is 1. The second kappa shape index (κ2) is 22.9. The normalized spacial score (nSPS) is 11.1. The van der Waals surface area contributed by atoms with Crippen LogP contribution in [0.3, 0.4) is 0 Å². The highest BCUT2D eigenvalue weighted by atomic mass is 79.9. The number of rotatable bonds is 7. The van der Waals surface area contributed by atoms with E-state index in [0.29, 0.717) is 27.0 Å². The standard InChI is InChI=1S/C14H9FOS.C13H10FNO2S.C12H12N2S2.C7H4BrFO2/c15-10-5-6-14-11(8-10)12(16)7-9-3-1-2-4-13(9)17-14;14-8-5-6-11(9(7-8)13(16)17)18-12-4-2-1-3-10(12)15;13-9-5-1-3-7-11(9)15-16-12-8-4-2-6-10(12)14;8-6-2-1-4(9)3-5(6)7(10)11/h1-6,8H,7H2;1-7H,15H2,(H,16,17);1-8H,13-14H2;1-3H,(H,10,11). The summed E-state index contributed by atoms with van der Waals surface area (Å²) in [6.07, 6.45) is 0.347. The van der Waals surface area contributed by atoms with Crippen molar-refractivity contribution >= 4 is 95.8 Å². The number of aromatic carboxylic acids is 2. The van der Waals surface area contributed by atoms with Crippen molar-refractivity contribution in [2.75, 3.05) is 17.2 Å². The number of benzene rings is 7. The van der Waals surface area contributed by atoms with Crippen molar-refractivity contribution < 1.29 is 37.8 Å². The fourth-order valence-electron chi connectivity index (χ4n) is 5.26. The average molecular weight is 975 g/mol. The molecule has 0 saturated heterocycles. The number of fused-ring (bicyclic) bond motifs is 2. The molecule has 8 N–H and O–H groups in total. The molecule has 0 spiro atoms. The van der Waals surface area contributed by atoms with Crippen LogP contribution in [0.15, 0.2) is 186 Å². The molecule has 0 bridgehead atoms. The minimum absolute atomic E-state index is 0.0167. The van der Waals surface area contributed by atoms with Crippen molar-refractivity contribution in [3.8, 4) is 0 Å². The second-order valence-corrected chi connectivity index (χ2v) is 17.9. The maximum absolute atomic E-state index is 13.2. The Balaban J connectivity index is 0.000000158. The first kappa shape index (κ1) is 47.3. The molecule has 8 nitrogen and oxygen atoms in total. The van der Waals surface area contributed by atoms with Crippen molar-refractivity contribution in [2.45, 2.75) is 35.8 Å². The SMILES string of the molecule is Nc1ccccc1SSc1ccccc1N.Nc1ccccc1Sc1ccc(F)cc1C(=O)O.O=C(O)c1cc(F)ccc1Br.O=C1Cc2ccccc2Sc2ccc(F)cc21. The quantitative estimate of drug-likeness (QED) is 0.0758. The third-order valence-electron chi connectivity index (χ3n) is 8.31. The van der Waals surface area contributed by atoms with Gasteiger partial charge in [0.05, 0.1) is 11.1 Å². The van der Waals surface area contributed by atoms with E-state index in [2.05, 4.69) is 15.9 Å². The fraction of sp³-hybridized carbons (Fsp3) is 0.0217. The van der Waals surface area contributed by atoms with Gasteiger partial charge < -0.3 is 27.4 Å². The lowest BCUT2D eigenvalue weighted by Crippen LogP contribution is -2.03. The molecule has 62 heavy (non-hydrogen) atoms. The van der Waals surface area contributed by atoms with Crippen LogP contribution in [0.25, 0.3) is 0 Å². The maximum Gasteiger partial charge on any atom is 0.336 e. The molecule has 0 aromatic heterocycles. The monoisotopic (exact) mass is 973 g/mol. The molecule has 0 fully saturated rings. The number of nitrogen functional groups attached to an aromatic ring is 3. The van der Waals surface area contributed by atoms with Crippen molar-refractivity contribution in [2.24, 2.45) is 0 Å². The first-order valence-corrected chi connectivity index (χ1v) is 22.6. The molecular formula is C46H35BrF3N3O5S4. The molecule has 0 amide bonds. The van der Waals surface area contributed by atoms with E-state index < -0.39 is 23.6 Å². The molecule has 0 saturated carbocycles. The smallest absolute Gasteiger partial charge is 0.336 e. The largest absolute Gasteiger partial charge is 0.478 e. The Bertz CT molecular complexity index is 2680. The Kier molecular flexibility index (Phi) is 17.4. The van der Waals surface area contributed by atoms with E-state index in [9.17, 15) is 27.6 Å². The molecule has 0 unspecified atom stereocenters. The number of hydrogen-bond acceptors (Lipinski definition) is 10. The third-order valence-corrected chi connectivity index (χ3v) is 13.9. The Morgan fingerprint density at radius 2 is 1.02 bits per heavy atom. The van der Waals surface area contributed by atoms with E-state index in [4.69, 9.17) is 27.4 Å². The number of ketones is 1. The van der Waals surface area contributed by atoms with Crippen molar-refractivity contribution in [3.05, 3.63) is 196 Å². The van der Waals surface area contributed by atoms with Crippen LogP contribution in [0.5, 0.6) is 0 Å². The summed E-state index contributed by atoms with van der Waals surface area (Å²) in [6, 6.07) is 42.2. The van der Waals surface area contributed by atoms with Gasteiger partial charge >= 0.3 is 11.9 Å². The van der Waals surface area contributed by atoms with Crippen LogP contribution in [0.1, 0.15) is 36.6 Å². The van der Waals surface area contributed by atoms with Gasteiger partial charge in [-0.2, -0.15) is 0 Å². The fourth-order valence-corrected chi connectivity index (χ4v) is 9.94. The molecule has 1 aliphatic heterocycles. The van der Waals surface area contributed by atoms with Crippen LogP contribution in [-0.4, -0.2) is 27.9 Å².